The second kappa shape index (κ2) is 6.63. The second-order valence-electron chi connectivity index (χ2n) is 4.84. The normalized spacial score (nSPS) is 11.6. The van der Waals surface area contributed by atoms with Crippen molar-refractivity contribution in [2.75, 3.05) is 0 Å². The van der Waals surface area contributed by atoms with E-state index in [0.717, 1.165) is 5.69 Å². The summed E-state index contributed by atoms with van der Waals surface area (Å²) in [7, 11) is 0. The van der Waals surface area contributed by atoms with Crippen molar-refractivity contribution in [3.05, 3.63) is 47.0 Å². The van der Waals surface area contributed by atoms with Crippen molar-refractivity contribution in [2.45, 2.75) is 19.7 Å². The lowest BCUT2D eigenvalue weighted by Crippen LogP contribution is -2.05. The largest absolute Gasteiger partial charge is 0.471 e. The molecule has 0 bridgehead atoms. The highest BCUT2D eigenvalue weighted by Gasteiger charge is 2.38. The molecule has 11 heteroatoms. The first-order chi connectivity index (χ1) is 11.8. The van der Waals surface area contributed by atoms with Crippen molar-refractivity contribution in [1.29, 1.82) is 0 Å². The van der Waals surface area contributed by atoms with Crippen LogP contribution in [0.15, 0.2) is 29.2 Å². The third-order valence-corrected chi connectivity index (χ3v) is 3.32. The van der Waals surface area contributed by atoms with Crippen molar-refractivity contribution in [3.63, 3.8) is 0 Å². The number of pyridine rings is 1. The van der Waals surface area contributed by atoms with Crippen LogP contribution >= 0.6 is 11.6 Å². The van der Waals surface area contributed by atoms with E-state index in [9.17, 15) is 13.2 Å². The van der Waals surface area contributed by atoms with Crippen molar-refractivity contribution >= 4 is 11.6 Å². The summed E-state index contributed by atoms with van der Waals surface area (Å²) in [5.74, 6) is -1.78. The summed E-state index contributed by atoms with van der Waals surface area (Å²) < 4.78 is 47.3. The second-order valence-corrected chi connectivity index (χ2v) is 5.21. The first-order valence-electron chi connectivity index (χ1n) is 6.80. The zero-order valence-corrected chi connectivity index (χ0v) is 13.3. The average molecular weight is 372 g/mol. The van der Waals surface area contributed by atoms with E-state index in [0.29, 0.717) is 5.69 Å². The number of halogens is 4. The van der Waals surface area contributed by atoms with Gasteiger partial charge in [0.1, 0.15) is 11.6 Å². The number of aryl methyl sites for hydroxylation is 1. The Morgan fingerprint density at radius 2 is 2.00 bits per heavy atom. The Labute approximate surface area is 143 Å². The molecule has 0 aliphatic heterocycles. The molecule has 7 nitrogen and oxygen atoms in total. The number of ether oxygens (including phenoxy) is 1. The number of nitrogens with zero attached hydrogens (tertiary/aromatic N) is 5. The lowest BCUT2D eigenvalue weighted by atomic mass is 10.2. The summed E-state index contributed by atoms with van der Waals surface area (Å²) in [6.07, 6.45) is -0.334. The monoisotopic (exact) mass is 371 g/mol. The molecular weight excluding hydrogens is 363 g/mol. The summed E-state index contributed by atoms with van der Waals surface area (Å²) in [5, 5.41) is 3.24. The molecule has 3 aromatic heterocycles. The van der Waals surface area contributed by atoms with E-state index in [4.69, 9.17) is 16.3 Å². The van der Waals surface area contributed by atoms with Crippen molar-refractivity contribution < 1.29 is 22.4 Å². The van der Waals surface area contributed by atoms with Crippen LogP contribution in [-0.4, -0.2) is 25.1 Å². The number of rotatable bonds is 4. The van der Waals surface area contributed by atoms with Gasteiger partial charge >= 0.3 is 12.1 Å². The molecule has 0 spiro atoms. The zero-order valence-electron chi connectivity index (χ0n) is 12.6. The number of aromatic nitrogens is 5. The molecule has 0 unspecified atom stereocenters. The van der Waals surface area contributed by atoms with Crippen LogP contribution in [0.25, 0.3) is 11.4 Å². The average Bonchev–Trinajstić information content (AvgIpc) is 3.05. The molecule has 0 aliphatic rings. The summed E-state index contributed by atoms with van der Waals surface area (Å²) >= 11 is 6.13. The number of hydrogen-bond donors (Lipinski definition) is 0. The van der Waals surface area contributed by atoms with Gasteiger partial charge in [-0.1, -0.05) is 16.8 Å². The molecule has 0 radical (unpaired) electrons. The molecule has 0 amide bonds. The first kappa shape index (κ1) is 17.1. The van der Waals surface area contributed by atoms with Crippen LogP contribution in [0.3, 0.4) is 0 Å². The Kier molecular flexibility index (Phi) is 4.53. The molecule has 130 valence electrons. The van der Waals surface area contributed by atoms with Gasteiger partial charge < -0.3 is 9.26 Å². The van der Waals surface area contributed by atoms with Gasteiger partial charge in [-0.2, -0.15) is 18.2 Å². The first-order valence-corrected chi connectivity index (χ1v) is 7.18. The van der Waals surface area contributed by atoms with Crippen molar-refractivity contribution in [2.24, 2.45) is 0 Å². The molecule has 3 rings (SSSR count). The lowest BCUT2D eigenvalue weighted by molar-refractivity contribution is -0.159. The lowest BCUT2D eigenvalue weighted by Gasteiger charge is -2.08. The maximum Gasteiger partial charge on any atom is 0.471 e. The smallest absolute Gasteiger partial charge is 0.470 e. The van der Waals surface area contributed by atoms with E-state index in [-0.39, 0.29) is 28.9 Å². The van der Waals surface area contributed by atoms with Gasteiger partial charge in [0.2, 0.25) is 11.7 Å². The highest BCUT2D eigenvalue weighted by atomic mass is 35.5. The Balaban J connectivity index is 1.82. The van der Waals surface area contributed by atoms with E-state index < -0.39 is 12.1 Å². The van der Waals surface area contributed by atoms with Crippen LogP contribution in [0.5, 0.6) is 5.88 Å². The van der Waals surface area contributed by atoms with Crippen LogP contribution in [0.4, 0.5) is 13.2 Å². The fraction of sp³-hybridized carbons (Fsp3) is 0.214. The van der Waals surface area contributed by atoms with E-state index in [1.807, 2.05) is 0 Å². The highest BCUT2D eigenvalue weighted by molar-refractivity contribution is 6.34. The minimum absolute atomic E-state index is 0.0000923. The standard InChI is InChI=1S/C14H9ClF3N5O2/c1-7-4-21-8(5-20-7)6-24-12-10(15)9(2-3-19-12)11-22-13(25-23-11)14(16,17)18/h2-5H,6H2,1H3. The molecular formula is C14H9ClF3N5O2. The molecule has 0 saturated heterocycles. The molecule has 3 aromatic rings. The van der Waals surface area contributed by atoms with Crippen molar-refractivity contribution in [3.8, 4) is 17.3 Å². The fourth-order valence-corrected chi connectivity index (χ4v) is 2.03. The molecule has 3 heterocycles. The summed E-state index contributed by atoms with van der Waals surface area (Å²) in [5.41, 5.74) is 1.38. The van der Waals surface area contributed by atoms with Gasteiger partial charge in [0.15, 0.2) is 0 Å². The molecule has 0 aromatic carbocycles. The Bertz CT molecular complexity index is 883. The molecule has 0 atom stereocenters. The minimum atomic E-state index is -4.74. The van der Waals surface area contributed by atoms with Gasteiger partial charge in [0, 0.05) is 18.0 Å². The van der Waals surface area contributed by atoms with Crippen LogP contribution in [0.1, 0.15) is 17.3 Å². The van der Waals surface area contributed by atoms with Gasteiger partial charge in [-0.25, -0.2) is 4.98 Å². The van der Waals surface area contributed by atoms with Crippen LogP contribution in [0.2, 0.25) is 5.02 Å². The zero-order chi connectivity index (χ0) is 18.0. The van der Waals surface area contributed by atoms with Crippen LogP contribution < -0.4 is 4.74 Å². The third kappa shape index (κ3) is 3.85. The Hall–Kier alpha value is -2.75. The maximum absolute atomic E-state index is 12.6. The van der Waals surface area contributed by atoms with E-state index in [1.54, 1.807) is 13.1 Å². The minimum Gasteiger partial charge on any atom is -0.470 e. The summed E-state index contributed by atoms with van der Waals surface area (Å²) in [4.78, 5) is 15.4. The third-order valence-electron chi connectivity index (χ3n) is 2.96. The van der Waals surface area contributed by atoms with Crippen LogP contribution in [0, 0.1) is 6.92 Å². The highest BCUT2D eigenvalue weighted by Crippen LogP contribution is 2.34. The summed E-state index contributed by atoms with van der Waals surface area (Å²) in [6.45, 7) is 1.82. The summed E-state index contributed by atoms with van der Waals surface area (Å²) in [6, 6.07) is 1.35. The predicted octanol–water partition coefficient (Wildman–Crippen LogP) is 3.48. The van der Waals surface area contributed by atoms with Crippen molar-refractivity contribution in [1.82, 2.24) is 25.1 Å². The Morgan fingerprint density at radius 3 is 2.64 bits per heavy atom. The molecule has 25 heavy (non-hydrogen) atoms. The van der Waals surface area contributed by atoms with Gasteiger partial charge in [-0.05, 0) is 13.0 Å². The van der Waals surface area contributed by atoms with Gasteiger partial charge in [-0.3, -0.25) is 9.97 Å². The topological polar surface area (TPSA) is 86.8 Å². The quantitative estimate of drug-likeness (QED) is 0.693. The molecule has 0 fully saturated rings. The van der Waals surface area contributed by atoms with Gasteiger partial charge in [-0.15, -0.1) is 0 Å². The Morgan fingerprint density at radius 1 is 1.20 bits per heavy atom. The molecule has 0 N–H and O–H groups in total. The molecule has 0 aliphatic carbocycles. The number of hydrogen-bond acceptors (Lipinski definition) is 7. The van der Waals surface area contributed by atoms with E-state index in [2.05, 4.69) is 29.6 Å². The predicted molar refractivity (Wildman–Crippen MR) is 78.6 cm³/mol. The van der Waals surface area contributed by atoms with Gasteiger partial charge in [0.25, 0.3) is 0 Å². The van der Waals surface area contributed by atoms with Gasteiger partial charge in [0.05, 0.1) is 17.6 Å². The maximum atomic E-state index is 12.6. The number of alkyl halides is 3. The molecule has 0 saturated carbocycles. The fourth-order valence-electron chi connectivity index (χ4n) is 1.78. The van der Waals surface area contributed by atoms with E-state index in [1.165, 1.54) is 18.5 Å². The SMILES string of the molecule is Cc1cnc(COc2nccc(-c3noc(C(F)(F)F)n3)c2Cl)cn1. The van der Waals surface area contributed by atoms with E-state index >= 15 is 0 Å². The van der Waals surface area contributed by atoms with Crippen LogP contribution in [-0.2, 0) is 12.8 Å².